The summed E-state index contributed by atoms with van der Waals surface area (Å²) in [5.74, 6) is -0.977. The Morgan fingerprint density at radius 2 is 2.00 bits per heavy atom. The first-order chi connectivity index (χ1) is 10.9. The molecule has 3 heterocycles. The maximum Gasteiger partial charge on any atom is 0.406 e. The number of pyridine rings is 1. The molecular weight excluding hydrogens is 313 g/mol. The molecule has 6 nitrogen and oxygen atoms in total. The van der Waals surface area contributed by atoms with Crippen LogP contribution in [0.5, 0.6) is 0 Å². The third-order valence-electron chi connectivity index (χ3n) is 3.38. The molecule has 0 aliphatic carbocycles. The number of alkyl halides is 3. The summed E-state index contributed by atoms with van der Waals surface area (Å²) in [5, 5.41) is 0. The summed E-state index contributed by atoms with van der Waals surface area (Å²) in [4.78, 5) is 33.7. The topological polar surface area (TPSA) is 65.9 Å². The minimum atomic E-state index is -4.65. The van der Waals surface area contributed by atoms with Crippen molar-refractivity contribution in [2.45, 2.75) is 12.6 Å². The molecule has 9 heteroatoms. The predicted octanol–water partition coefficient (Wildman–Crippen LogP) is 1.75. The van der Waals surface area contributed by atoms with Crippen molar-refractivity contribution in [2.75, 3.05) is 13.1 Å². The number of aliphatic imine (C=N–C) groups is 1. The molecule has 120 valence electrons. The van der Waals surface area contributed by atoms with Gasteiger partial charge in [0, 0.05) is 24.5 Å². The highest BCUT2D eigenvalue weighted by atomic mass is 19.4. The van der Waals surface area contributed by atoms with Crippen molar-refractivity contribution in [3.05, 3.63) is 41.5 Å². The van der Waals surface area contributed by atoms with Gasteiger partial charge in [0.15, 0.2) is 0 Å². The highest BCUT2D eigenvalue weighted by Gasteiger charge is 2.48. The Bertz CT molecular complexity index is 712. The largest absolute Gasteiger partial charge is 0.406 e. The van der Waals surface area contributed by atoms with Gasteiger partial charge in [-0.25, -0.2) is 9.69 Å². The molecule has 1 aromatic heterocycles. The van der Waals surface area contributed by atoms with E-state index >= 15 is 0 Å². The number of halogens is 3. The second-order valence-corrected chi connectivity index (χ2v) is 5.00. The predicted molar refractivity (Wildman–Crippen MR) is 73.3 cm³/mol. The minimum Gasteiger partial charge on any atom is -0.282 e. The number of aromatic nitrogens is 1. The molecule has 2 aliphatic heterocycles. The fraction of sp³-hybridized carbons (Fsp3) is 0.286. The zero-order valence-corrected chi connectivity index (χ0v) is 11.7. The molecule has 0 atom stereocenters. The van der Waals surface area contributed by atoms with Crippen molar-refractivity contribution in [1.29, 1.82) is 0 Å². The molecule has 0 aromatic carbocycles. The highest BCUT2D eigenvalue weighted by Crippen LogP contribution is 2.30. The average molecular weight is 324 g/mol. The Morgan fingerprint density at radius 1 is 1.22 bits per heavy atom. The van der Waals surface area contributed by atoms with E-state index in [2.05, 4.69) is 9.98 Å². The fourth-order valence-electron chi connectivity index (χ4n) is 2.44. The van der Waals surface area contributed by atoms with Gasteiger partial charge in [-0.3, -0.25) is 19.7 Å². The maximum atomic E-state index is 12.6. The molecule has 1 fully saturated rings. The van der Waals surface area contributed by atoms with Crippen LogP contribution in [0.15, 0.2) is 40.8 Å². The normalized spacial score (nSPS) is 18.0. The van der Waals surface area contributed by atoms with Crippen LogP contribution < -0.4 is 0 Å². The van der Waals surface area contributed by atoms with Gasteiger partial charge in [-0.2, -0.15) is 13.2 Å². The van der Waals surface area contributed by atoms with Gasteiger partial charge in [-0.1, -0.05) is 6.07 Å². The van der Waals surface area contributed by atoms with Gasteiger partial charge in [-0.15, -0.1) is 0 Å². The summed E-state index contributed by atoms with van der Waals surface area (Å²) in [6.45, 7) is -1.64. The third kappa shape index (κ3) is 2.94. The van der Waals surface area contributed by atoms with Crippen molar-refractivity contribution in [2.24, 2.45) is 4.99 Å². The summed E-state index contributed by atoms with van der Waals surface area (Å²) in [7, 11) is 0. The van der Waals surface area contributed by atoms with Crippen LogP contribution in [-0.2, 0) is 11.2 Å². The molecule has 1 saturated heterocycles. The molecular formula is C14H11F3N4O2. The summed E-state index contributed by atoms with van der Waals surface area (Å²) >= 11 is 0. The number of rotatable bonds is 3. The summed E-state index contributed by atoms with van der Waals surface area (Å²) < 4.78 is 37.7. The van der Waals surface area contributed by atoms with Crippen LogP contribution in [0.25, 0.3) is 0 Å². The molecule has 0 bridgehead atoms. The first-order valence-corrected chi connectivity index (χ1v) is 6.72. The lowest BCUT2D eigenvalue weighted by Crippen LogP contribution is -2.40. The number of carbonyl (C=O) groups excluding carboxylic acids is 2. The number of amides is 3. The van der Waals surface area contributed by atoms with E-state index in [1.807, 2.05) is 0 Å². The van der Waals surface area contributed by atoms with Crippen LogP contribution >= 0.6 is 0 Å². The van der Waals surface area contributed by atoms with Crippen molar-refractivity contribution >= 4 is 18.2 Å². The summed E-state index contributed by atoms with van der Waals surface area (Å²) in [6.07, 6.45) is -1.54. The summed E-state index contributed by atoms with van der Waals surface area (Å²) in [5.41, 5.74) is 0.730. The van der Waals surface area contributed by atoms with Gasteiger partial charge >= 0.3 is 12.2 Å². The number of imide groups is 1. The maximum absolute atomic E-state index is 12.6. The molecule has 1 aromatic rings. The Hall–Kier alpha value is -2.71. The third-order valence-corrected chi connectivity index (χ3v) is 3.38. The monoisotopic (exact) mass is 324 g/mol. The smallest absolute Gasteiger partial charge is 0.282 e. The summed E-state index contributed by atoms with van der Waals surface area (Å²) in [6, 6.07) is 4.19. The van der Waals surface area contributed by atoms with E-state index in [1.54, 1.807) is 24.4 Å². The van der Waals surface area contributed by atoms with E-state index in [0.717, 1.165) is 4.90 Å². The lowest BCUT2D eigenvalue weighted by atomic mass is 10.1. The first kappa shape index (κ1) is 15.2. The van der Waals surface area contributed by atoms with Crippen LogP contribution in [0.1, 0.15) is 5.69 Å². The number of fused-ring (bicyclic) bond motifs is 1. The molecule has 0 radical (unpaired) electrons. The zero-order chi connectivity index (χ0) is 16.6. The standard InChI is InChI=1S/C14H11F3N4O2/c15-14(16,17)8-21-12(22)11-10(7-9-3-1-2-4-18-9)19-5-6-20(11)13(21)23/h1-5H,6-8H2. The molecule has 0 spiro atoms. The van der Waals surface area contributed by atoms with Crippen LogP contribution in [0, 0.1) is 0 Å². The number of allylic oxidation sites excluding steroid dienone is 1. The van der Waals surface area contributed by atoms with E-state index in [4.69, 9.17) is 0 Å². The van der Waals surface area contributed by atoms with Gasteiger partial charge in [0.2, 0.25) is 0 Å². The Labute approximate surface area is 128 Å². The van der Waals surface area contributed by atoms with E-state index in [9.17, 15) is 22.8 Å². The van der Waals surface area contributed by atoms with Crippen molar-refractivity contribution < 1.29 is 22.8 Å². The Morgan fingerprint density at radius 3 is 2.65 bits per heavy atom. The lowest BCUT2D eigenvalue weighted by molar-refractivity contribution is -0.151. The molecule has 0 saturated carbocycles. The lowest BCUT2D eigenvalue weighted by Gasteiger charge is -2.19. The van der Waals surface area contributed by atoms with Gasteiger partial charge in [0.1, 0.15) is 12.2 Å². The Balaban J connectivity index is 1.94. The van der Waals surface area contributed by atoms with Crippen molar-refractivity contribution in [3.8, 4) is 0 Å². The number of urea groups is 1. The van der Waals surface area contributed by atoms with Gasteiger partial charge in [0.05, 0.1) is 12.2 Å². The number of hydrogen-bond acceptors (Lipinski definition) is 4. The number of nitrogens with zero attached hydrogens (tertiary/aromatic N) is 4. The molecule has 0 N–H and O–H groups in total. The zero-order valence-electron chi connectivity index (χ0n) is 11.7. The Kier molecular flexibility index (Phi) is 3.63. The first-order valence-electron chi connectivity index (χ1n) is 6.72. The van der Waals surface area contributed by atoms with Crippen LogP contribution in [0.3, 0.4) is 0 Å². The average Bonchev–Trinajstić information content (AvgIpc) is 2.73. The molecule has 2 aliphatic rings. The molecule has 23 heavy (non-hydrogen) atoms. The number of carbonyl (C=O) groups is 2. The second-order valence-electron chi connectivity index (χ2n) is 5.00. The number of hydrogen-bond donors (Lipinski definition) is 0. The van der Waals surface area contributed by atoms with E-state index < -0.39 is 24.7 Å². The van der Waals surface area contributed by atoms with Gasteiger partial charge in [0.25, 0.3) is 5.91 Å². The quantitative estimate of drug-likeness (QED) is 0.796. The fourth-order valence-corrected chi connectivity index (χ4v) is 2.44. The van der Waals surface area contributed by atoms with Crippen LogP contribution in [0.2, 0.25) is 0 Å². The highest BCUT2D eigenvalue weighted by molar-refractivity contribution is 6.13. The molecule has 0 unspecified atom stereocenters. The van der Waals surface area contributed by atoms with E-state index in [-0.39, 0.29) is 29.3 Å². The second kappa shape index (κ2) is 5.49. The van der Waals surface area contributed by atoms with Crippen LogP contribution in [0.4, 0.5) is 18.0 Å². The van der Waals surface area contributed by atoms with Crippen LogP contribution in [-0.4, -0.2) is 52.2 Å². The molecule has 3 amide bonds. The SMILES string of the molecule is O=C1C2=C(Cc3ccccn3)N=CCN2C(=O)N1CC(F)(F)F. The minimum absolute atomic E-state index is 0.0278. The van der Waals surface area contributed by atoms with Gasteiger partial charge in [-0.05, 0) is 12.1 Å². The van der Waals surface area contributed by atoms with Gasteiger partial charge < -0.3 is 0 Å². The van der Waals surface area contributed by atoms with Crippen molar-refractivity contribution in [3.63, 3.8) is 0 Å². The molecule has 3 rings (SSSR count). The van der Waals surface area contributed by atoms with E-state index in [1.165, 1.54) is 6.21 Å². The van der Waals surface area contributed by atoms with Crippen molar-refractivity contribution in [1.82, 2.24) is 14.8 Å². The van der Waals surface area contributed by atoms with E-state index in [0.29, 0.717) is 5.69 Å².